The zero-order valence-electron chi connectivity index (χ0n) is 11.6. The molecule has 1 atom stereocenters. The molecular formula is C15H23NO2. The summed E-state index contributed by atoms with van der Waals surface area (Å²) >= 11 is 0. The van der Waals surface area contributed by atoms with Crippen LogP contribution in [-0.2, 0) is 6.42 Å². The zero-order valence-corrected chi connectivity index (χ0v) is 11.6. The molecule has 0 N–H and O–H groups in total. The molecule has 1 fully saturated rings. The SMILES string of the molecule is CC.CC(Cc1ccc2c(c1)OCO2)N1CCC1. The molecule has 1 unspecified atom stereocenters. The summed E-state index contributed by atoms with van der Waals surface area (Å²) in [6.07, 6.45) is 2.45. The smallest absolute Gasteiger partial charge is 0.231 e. The molecule has 3 rings (SSSR count). The maximum absolute atomic E-state index is 5.39. The zero-order chi connectivity index (χ0) is 13.0. The predicted molar refractivity (Wildman–Crippen MR) is 73.3 cm³/mol. The normalized spacial score (nSPS) is 18.6. The van der Waals surface area contributed by atoms with Crippen LogP contribution in [0.4, 0.5) is 0 Å². The first-order valence-corrected chi connectivity index (χ1v) is 6.95. The summed E-state index contributed by atoms with van der Waals surface area (Å²) in [7, 11) is 0. The number of rotatable bonds is 3. The summed E-state index contributed by atoms with van der Waals surface area (Å²) < 4.78 is 10.7. The molecule has 3 nitrogen and oxygen atoms in total. The van der Waals surface area contributed by atoms with Gasteiger partial charge in [-0.25, -0.2) is 0 Å². The van der Waals surface area contributed by atoms with E-state index in [1.807, 2.05) is 19.9 Å². The lowest BCUT2D eigenvalue weighted by Crippen LogP contribution is -2.44. The number of nitrogens with zero attached hydrogens (tertiary/aromatic N) is 1. The third-order valence-electron chi connectivity index (χ3n) is 3.48. The van der Waals surface area contributed by atoms with Crippen molar-refractivity contribution < 1.29 is 9.47 Å². The van der Waals surface area contributed by atoms with Gasteiger partial charge in [-0.3, -0.25) is 0 Å². The fourth-order valence-electron chi connectivity index (χ4n) is 2.32. The van der Waals surface area contributed by atoms with Gasteiger partial charge in [-0.05, 0) is 50.6 Å². The summed E-state index contributed by atoms with van der Waals surface area (Å²) in [5.74, 6) is 1.77. The molecule has 0 amide bonds. The first-order valence-electron chi connectivity index (χ1n) is 6.95. The van der Waals surface area contributed by atoms with E-state index in [4.69, 9.17) is 9.47 Å². The van der Waals surface area contributed by atoms with E-state index in [2.05, 4.69) is 24.0 Å². The topological polar surface area (TPSA) is 21.7 Å². The van der Waals surface area contributed by atoms with Gasteiger partial charge in [-0.1, -0.05) is 19.9 Å². The van der Waals surface area contributed by atoms with E-state index in [9.17, 15) is 0 Å². The first-order chi connectivity index (χ1) is 8.83. The Morgan fingerprint density at radius 1 is 1.17 bits per heavy atom. The van der Waals surface area contributed by atoms with Crippen LogP contribution in [0.15, 0.2) is 18.2 Å². The minimum atomic E-state index is 0.362. The molecule has 2 aliphatic rings. The third-order valence-corrected chi connectivity index (χ3v) is 3.48. The van der Waals surface area contributed by atoms with Crippen LogP contribution in [0.2, 0.25) is 0 Å². The van der Waals surface area contributed by atoms with Crippen molar-refractivity contribution >= 4 is 0 Å². The summed E-state index contributed by atoms with van der Waals surface area (Å²) in [4.78, 5) is 2.52. The largest absolute Gasteiger partial charge is 0.454 e. The molecule has 0 radical (unpaired) electrons. The molecule has 2 aliphatic heterocycles. The second kappa shape index (κ2) is 6.10. The standard InChI is InChI=1S/C13H17NO2.C2H6/c1-10(14-5-2-6-14)7-11-3-4-12-13(8-11)16-9-15-12;1-2/h3-4,8,10H,2,5-7,9H2,1H3;1-2H3. The number of fused-ring (bicyclic) bond motifs is 1. The van der Waals surface area contributed by atoms with E-state index in [0.717, 1.165) is 17.9 Å². The van der Waals surface area contributed by atoms with Crippen LogP contribution in [0.3, 0.4) is 0 Å². The Kier molecular flexibility index (Phi) is 4.48. The fourth-order valence-corrected chi connectivity index (χ4v) is 2.32. The Labute approximate surface area is 110 Å². The lowest BCUT2D eigenvalue weighted by atomic mass is 10.0. The van der Waals surface area contributed by atoms with E-state index in [1.54, 1.807) is 0 Å². The van der Waals surface area contributed by atoms with Crippen LogP contribution in [0.5, 0.6) is 11.5 Å². The molecule has 1 aromatic carbocycles. The first kappa shape index (κ1) is 13.2. The van der Waals surface area contributed by atoms with E-state index < -0.39 is 0 Å². The average Bonchev–Trinajstić information content (AvgIpc) is 2.76. The third kappa shape index (κ3) is 2.78. The van der Waals surface area contributed by atoms with Gasteiger partial charge in [0, 0.05) is 6.04 Å². The Hall–Kier alpha value is -1.22. The minimum absolute atomic E-state index is 0.362. The van der Waals surface area contributed by atoms with E-state index in [0.29, 0.717) is 12.8 Å². The van der Waals surface area contributed by atoms with Gasteiger partial charge in [0.1, 0.15) is 0 Å². The van der Waals surface area contributed by atoms with Gasteiger partial charge < -0.3 is 14.4 Å². The molecule has 2 heterocycles. The molecule has 0 bridgehead atoms. The van der Waals surface area contributed by atoms with Crippen LogP contribution in [-0.4, -0.2) is 30.8 Å². The van der Waals surface area contributed by atoms with Gasteiger partial charge in [0.15, 0.2) is 11.5 Å². The van der Waals surface area contributed by atoms with E-state index in [1.165, 1.54) is 25.1 Å². The van der Waals surface area contributed by atoms with Gasteiger partial charge in [-0.2, -0.15) is 0 Å². The summed E-state index contributed by atoms with van der Waals surface area (Å²) in [5.41, 5.74) is 1.34. The predicted octanol–water partition coefficient (Wildman–Crippen LogP) is 3.08. The Balaban J connectivity index is 0.000000574. The van der Waals surface area contributed by atoms with Gasteiger partial charge in [-0.15, -0.1) is 0 Å². The average molecular weight is 249 g/mol. The molecule has 1 saturated heterocycles. The van der Waals surface area contributed by atoms with Gasteiger partial charge in [0.2, 0.25) is 6.79 Å². The number of ether oxygens (including phenoxy) is 2. The molecule has 0 saturated carbocycles. The van der Waals surface area contributed by atoms with Crippen molar-refractivity contribution in [3.05, 3.63) is 23.8 Å². The minimum Gasteiger partial charge on any atom is -0.454 e. The van der Waals surface area contributed by atoms with E-state index in [-0.39, 0.29) is 0 Å². The second-order valence-electron chi connectivity index (χ2n) is 4.63. The monoisotopic (exact) mass is 249 g/mol. The Morgan fingerprint density at radius 2 is 1.89 bits per heavy atom. The molecular weight excluding hydrogens is 226 g/mol. The van der Waals surface area contributed by atoms with Crippen LogP contribution >= 0.6 is 0 Å². The summed E-state index contributed by atoms with van der Waals surface area (Å²) in [5, 5.41) is 0. The molecule has 0 aliphatic carbocycles. The number of hydrogen-bond donors (Lipinski definition) is 0. The Morgan fingerprint density at radius 3 is 2.56 bits per heavy atom. The van der Waals surface area contributed by atoms with E-state index >= 15 is 0 Å². The molecule has 0 spiro atoms. The highest BCUT2D eigenvalue weighted by atomic mass is 16.7. The molecule has 3 heteroatoms. The summed E-state index contributed by atoms with van der Waals surface area (Å²) in [6.45, 7) is 9.17. The van der Waals surface area contributed by atoms with Crippen LogP contribution in [0.1, 0.15) is 32.8 Å². The highest BCUT2D eigenvalue weighted by molar-refractivity contribution is 5.44. The maximum atomic E-state index is 5.39. The number of hydrogen-bond acceptors (Lipinski definition) is 3. The van der Waals surface area contributed by atoms with Gasteiger partial charge in [0.25, 0.3) is 0 Å². The highest BCUT2D eigenvalue weighted by Gasteiger charge is 2.21. The van der Waals surface area contributed by atoms with Gasteiger partial charge >= 0.3 is 0 Å². The van der Waals surface area contributed by atoms with Crippen molar-refractivity contribution in [3.63, 3.8) is 0 Å². The molecule has 1 aromatic rings. The lowest BCUT2D eigenvalue weighted by molar-refractivity contribution is 0.128. The van der Waals surface area contributed by atoms with Crippen LogP contribution in [0, 0.1) is 0 Å². The van der Waals surface area contributed by atoms with Crippen LogP contribution < -0.4 is 9.47 Å². The maximum Gasteiger partial charge on any atom is 0.231 e. The van der Waals surface area contributed by atoms with Crippen molar-refractivity contribution in [2.24, 2.45) is 0 Å². The van der Waals surface area contributed by atoms with Crippen LogP contribution in [0.25, 0.3) is 0 Å². The fraction of sp³-hybridized carbons (Fsp3) is 0.600. The van der Waals surface area contributed by atoms with Gasteiger partial charge in [0.05, 0.1) is 0 Å². The van der Waals surface area contributed by atoms with Crippen molar-refractivity contribution in [2.45, 2.75) is 39.7 Å². The second-order valence-corrected chi connectivity index (χ2v) is 4.63. The van der Waals surface area contributed by atoms with Crippen molar-refractivity contribution in [2.75, 3.05) is 19.9 Å². The quantitative estimate of drug-likeness (QED) is 0.821. The molecule has 18 heavy (non-hydrogen) atoms. The summed E-state index contributed by atoms with van der Waals surface area (Å²) in [6, 6.07) is 6.90. The van der Waals surface area contributed by atoms with Crippen molar-refractivity contribution in [1.82, 2.24) is 4.90 Å². The molecule has 0 aromatic heterocycles. The lowest BCUT2D eigenvalue weighted by Gasteiger charge is -2.36. The Bertz CT molecular complexity index is 388. The number of likely N-dealkylation sites (tertiary alicyclic amines) is 1. The number of benzene rings is 1. The highest BCUT2D eigenvalue weighted by Crippen LogP contribution is 2.33. The molecule has 100 valence electrons. The van der Waals surface area contributed by atoms with Crippen molar-refractivity contribution in [1.29, 1.82) is 0 Å². The van der Waals surface area contributed by atoms with Crippen molar-refractivity contribution in [3.8, 4) is 11.5 Å².